The zero-order valence-corrected chi connectivity index (χ0v) is 20.8. The van der Waals surface area contributed by atoms with E-state index in [2.05, 4.69) is 10.6 Å². The van der Waals surface area contributed by atoms with E-state index in [0.29, 0.717) is 24.2 Å². The van der Waals surface area contributed by atoms with Crippen LogP contribution in [0.15, 0.2) is 64.2 Å². The molecule has 1 heterocycles. The smallest absolute Gasteiger partial charge is 0.346 e. The van der Waals surface area contributed by atoms with Crippen molar-refractivity contribution in [3.8, 4) is 5.69 Å². The molecule has 2 N–H and O–H groups in total. The lowest BCUT2D eigenvalue weighted by atomic mass is 10.1. The molecule has 35 heavy (non-hydrogen) atoms. The highest BCUT2D eigenvalue weighted by atomic mass is 32.1. The molecule has 0 atom stereocenters. The summed E-state index contributed by atoms with van der Waals surface area (Å²) in [5.74, 6) is 0.0345. The lowest BCUT2D eigenvalue weighted by molar-refractivity contribution is -0.120. The van der Waals surface area contributed by atoms with Crippen molar-refractivity contribution < 1.29 is 9.59 Å². The van der Waals surface area contributed by atoms with Crippen LogP contribution in [0.2, 0.25) is 0 Å². The van der Waals surface area contributed by atoms with Crippen LogP contribution in [0.1, 0.15) is 56.9 Å². The third kappa shape index (κ3) is 8.06. The van der Waals surface area contributed by atoms with Crippen LogP contribution in [0.5, 0.6) is 0 Å². The van der Waals surface area contributed by atoms with E-state index in [9.17, 15) is 19.2 Å². The summed E-state index contributed by atoms with van der Waals surface area (Å²) in [7, 11) is 1.65. The maximum atomic E-state index is 12.8. The van der Waals surface area contributed by atoms with Crippen LogP contribution in [-0.4, -0.2) is 27.4 Å². The Morgan fingerprint density at radius 2 is 1.40 bits per heavy atom. The SMILES string of the molecule is CNC(=O)CCCCCCCCC(=O)Nc1ccc(-n2sc(=O)n(Cc3ccccc3)c2=O)cc1. The number of amides is 2. The largest absolute Gasteiger partial charge is 0.359 e. The van der Waals surface area contributed by atoms with E-state index in [1.165, 1.54) is 8.52 Å². The molecule has 186 valence electrons. The Morgan fingerprint density at radius 3 is 2.03 bits per heavy atom. The average molecular weight is 497 g/mol. The molecule has 0 saturated carbocycles. The third-order valence-corrected chi connectivity index (χ3v) is 6.63. The van der Waals surface area contributed by atoms with Gasteiger partial charge in [-0.2, -0.15) is 0 Å². The highest BCUT2D eigenvalue weighted by Crippen LogP contribution is 2.15. The molecule has 9 heteroatoms. The third-order valence-electron chi connectivity index (χ3n) is 5.70. The maximum absolute atomic E-state index is 12.8. The first kappa shape index (κ1) is 26.2. The van der Waals surface area contributed by atoms with Gasteiger partial charge in [0.15, 0.2) is 0 Å². The van der Waals surface area contributed by atoms with Crippen LogP contribution < -0.4 is 21.2 Å². The van der Waals surface area contributed by atoms with Crippen molar-refractivity contribution in [2.45, 2.75) is 57.9 Å². The molecule has 2 aromatic carbocycles. The normalized spacial score (nSPS) is 10.8. The summed E-state index contributed by atoms with van der Waals surface area (Å²) in [6.07, 6.45) is 6.87. The second-order valence-electron chi connectivity index (χ2n) is 8.40. The number of unbranched alkanes of at least 4 members (excludes halogenated alkanes) is 5. The Balaban J connectivity index is 1.44. The number of aromatic nitrogens is 2. The molecule has 8 nitrogen and oxygen atoms in total. The number of nitrogens with zero attached hydrogens (tertiary/aromatic N) is 2. The maximum Gasteiger partial charge on any atom is 0.346 e. The van der Waals surface area contributed by atoms with Crippen molar-refractivity contribution in [2.24, 2.45) is 0 Å². The number of hydrogen-bond donors (Lipinski definition) is 2. The first-order valence-corrected chi connectivity index (χ1v) is 12.7. The number of rotatable bonds is 13. The molecule has 0 aliphatic rings. The lowest BCUT2D eigenvalue weighted by Gasteiger charge is -2.07. The van der Waals surface area contributed by atoms with Gasteiger partial charge in [0, 0.05) is 37.1 Å². The van der Waals surface area contributed by atoms with E-state index in [0.717, 1.165) is 55.6 Å². The van der Waals surface area contributed by atoms with E-state index in [1.807, 2.05) is 30.3 Å². The van der Waals surface area contributed by atoms with Crippen molar-refractivity contribution in [1.29, 1.82) is 0 Å². The van der Waals surface area contributed by atoms with E-state index in [4.69, 9.17) is 0 Å². The Bertz CT molecular complexity index is 1210. The number of nitrogens with one attached hydrogen (secondary N) is 2. The summed E-state index contributed by atoms with van der Waals surface area (Å²) in [5, 5.41) is 5.50. The minimum atomic E-state index is -0.380. The summed E-state index contributed by atoms with van der Waals surface area (Å²) < 4.78 is 2.59. The van der Waals surface area contributed by atoms with Crippen LogP contribution in [0, 0.1) is 0 Å². The monoisotopic (exact) mass is 496 g/mol. The fourth-order valence-corrected chi connectivity index (χ4v) is 4.52. The van der Waals surface area contributed by atoms with Gasteiger partial charge in [-0.25, -0.2) is 13.3 Å². The summed E-state index contributed by atoms with van der Waals surface area (Å²) in [6.45, 7) is 0.228. The predicted molar refractivity (Wildman–Crippen MR) is 139 cm³/mol. The van der Waals surface area contributed by atoms with Gasteiger partial charge in [0.05, 0.1) is 12.2 Å². The van der Waals surface area contributed by atoms with Crippen molar-refractivity contribution in [1.82, 2.24) is 13.8 Å². The average Bonchev–Trinajstić information content (AvgIpc) is 3.15. The zero-order chi connectivity index (χ0) is 25.0. The molecule has 0 aliphatic heterocycles. The molecule has 0 fully saturated rings. The Kier molecular flexibility index (Phi) is 10.0. The topological polar surface area (TPSA) is 102 Å². The molecular weight excluding hydrogens is 464 g/mol. The Labute approximate surface area is 208 Å². The minimum Gasteiger partial charge on any atom is -0.359 e. The van der Waals surface area contributed by atoms with E-state index in [-0.39, 0.29) is 28.9 Å². The van der Waals surface area contributed by atoms with Gasteiger partial charge in [0.2, 0.25) is 11.8 Å². The van der Waals surface area contributed by atoms with E-state index in [1.54, 1.807) is 31.3 Å². The second-order valence-corrected chi connectivity index (χ2v) is 9.29. The van der Waals surface area contributed by atoms with Crippen LogP contribution in [0.4, 0.5) is 5.69 Å². The van der Waals surface area contributed by atoms with Gasteiger partial charge in [-0.15, -0.1) is 0 Å². The molecule has 0 spiro atoms. The summed E-state index contributed by atoms with van der Waals surface area (Å²) in [6, 6.07) is 16.3. The van der Waals surface area contributed by atoms with Crippen LogP contribution in [0.25, 0.3) is 5.69 Å². The molecule has 1 aromatic heterocycles. The van der Waals surface area contributed by atoms with E-state index < -0.39 is 0 Å². The Morgan fingerprint density at radius 1 is 0.800 bits per heavy atom. The molecule has 0 saturated heterocycles. The molecule has 3 aromatic rings. The van der Waals surface area contributed by atoms with Crippen molar-refractivity contribution >= 4 is 29.0 Å². The first-order valence-electron chi connectivity index (χ1n) is 12.0. The molecular formula is C26H32N4O4S. The standard InChI is InChI=1S/C26H32N4O4S/c1-27-23(31)13-9-4-2-3-5-10-14-24(32)28-21-15-17-22(18-16-21)30-25(33)29(26(34)35-30)19-20-11-7-6-8-12-20/h6-8,11-12,15-18H,2-5,9-10,13-14,19H2,1H3,(H,27,31)(H,28,32). The molecule has 0 bridgehead atoms. The molecule has 3 rings (SSSR count). The van der Waals surface area contributed by atoms with Gasteiger partial charge in [-0.05, 0) is 42.7 Å². The zero-order valence-electron chi connectivity index (χ0n) is 20.0. The van der Waals surface area contributed by atoms with Crippen molar-refractivity contribution in [3.05, 3.63) is 80.3 Å². The molecule has 0 unspecified atom stereocenters. The van der Waals surface area contributed by atoms with Gasteiger partial charge < -0.3 is 10.6 Å². The van der Waals surface area contributed by atoms with Gasteiger partial charge in [-0.1, -0.05) is 56.0 Å². The van der Waals surface area contributed by atoms with Crippen molar-refractivity contribution in [3.63, 3.8) is 0 Å². The first-order chi connectivity index (χ1) is 17.0. The molecule has 0 radical (unpaired) electrons. The van der Waals surface area contributed by atoms with Crippen LogP contribution in [0.3, 0.4) is 0 Å². The summed E-state index contributed by atoms with van der Waals surface area (Å²) in [4.78, 5) is 48.2. The van der Waals surface area contributed by atoms with Gasteiger partial charge in [-0.3, -0.25) is 14.4 Å². The van der Waals surface area contributed by atoms with Crippen LogP contribution in [-0.2, 0) is 16.1 Å². The van der Waals surface area contributed by atoms with Gasteiger partial charge >= 0.3 is 10.6 Å². The molecule has 2 amide bonds. The van der Waals surface area contributed by atoms with Gasteiger partial charge in [0.25, 0.3) is 0 Å². The fourth-order valence-electron chi connectivity index (χ4n) is 3.72. The van der Waals surface area contributed by atoms with Crippen LogP contribution >= 0.6 is 11.5 Å². The number of carbonyl (C=O) groups excluding carboxylic acids is 2. The van der Waals surface area contributed by atoms with Crippen molar-refractivity contribution in [2.75, 3.05) is 12.4 Å². The number of anilines is 1. The predicted octanol–water partition coefficient (Wildman–Crippen LogP) is 3.91. The highest BCUT2D eigenvalue weighted by Gasteiger charge is 2.12. The highest BCUT2D eigenvalue weighted by molar-refractivity contribution is 7.03. The number of hydrogen-bond acceptors (Lipinski definition) is 5. The lowest BCUT2D eigenvalue weighted by Crippen LogP contribution is -2.28. The summed E-state index contributed by atoms with van der Waals surface area (Å²) in [5.41, 5.74) is 1.74. The quantitative estimate of drug-likeness (QED) is 0.350. The van der Waals surface area contributed by atoms with E-state index >= 15 is 0 Å². The fraction of sp³-hybridized carbons (Fsp3) is 0.385. The second kappa shape index (κ2) is 13.4. The number of benzene rings is 2. The summed E-state index contributed by atoms with van der Waals surface area (Å²) >= 11 is 0.860. The number of carbonyl (C=O) groups is 2. The Hall–Kier alpha value is -3.46. The molecule has 0 aliphatic carbocycles. The minimum absolute atomic E-state index is 0.0480. The van der Waals surface area contributed by atoms with Gasteiger partial charge in [0.1, 0.15) is 0 Å².